The van der Waals surface area contributed by atoms with Crippen molar-refractivity contribution in [3.63, 3.8) is 0 Å². The van der Waals surface area contributed by atoms with Crippen molar-refractivity contribution >= 4 is 40.9 Å². The number of hydrazine groups is 1. The van der Waals surface area contributed by atoms with Crippen LogP contribution in [-0.2, 0) is 0 Å². The Labute approximate surface area is 113 Å². The molecule has 0 radical (unpaired) electrons. The number of halogens is 2. The zero-order chi connectivity index (χ0) is 13.9. The highest BCUT2D eigenvalue weighted by atomic mass is 35.5. The number of urea groups is 1. The van der Waals surface area contributed by atoms with Crippen molar-refractivity contribution in [2.24, 2.45) is 0 Å². The molecule has 3 N–H and O–H groups in total. The number of hydrogen-bond donors (Lipinski definition) is 3. The first-order valence-electron chi connectivity index (χ1n) is 4.78. The second-order valence-electron chi connectivity index (χ2n) is 3.58. The Balaban J connectivity index is 2.97. The number of nitrogens with one attached hydrogen (secondary N) is 2. The van der Waals surface area contributed by atoms with Gasteiger partial charge in [0.2, 0.25) is 0 Å². The van der Waals surface area contributed by atoms with Crippen LogP contribution < -0.4 is 10.7 Å². The molecule has 18 heavy (non-hydrogen) atoms. The summed E-state index contributed by atoms with van der Waals surface area (Å²) < 4.78 is 0. The van der Waals surface area contributed by atoms with Gasteiger partial charge in [0.1, 0.15) is 0 Å². The van der Waals surface area contributed by atoms with Crippen molar-refractivity contribution < 1.29 is 14.7 Å². The van der Waals surface area contributed by atoms with Crippen LogP contribution in [0.5, 0.6) is 0 Å². The van der Waals surface area contributed by atoms with E-state index in [4.69, 9.17) is 28.3 Å². The Morgan fingerprint density at radius 3 is 2.11 bits per heavy atom. The van der Waals surface area contributed by atoms with Gasteiger partial charge in [0.25, 0.3) is 0 Å². The highest BCUT2D eigenvalue weighted by molar-refractivity contribution is 6.40. The molecule has 0 aromatic heterocycles. The average molecular weight is 292 g/mol. The Bertz CT molecular complexity index is 468. The Kier molecular flexibility index (Phi) is 4.77. The zero-order valence-corrected chi connectivity index (χ0v) is 11.1. The molecule has 6 nitrogen and oxygen atoms in total. The molecule has 1 aromatic rings. The molecule has 0 fully saturated rings. The predicted molar refractivity (Wildman–Crippen MR) is 69.3 cm³/mol. The summed E-state index contributed by atoms with van der Waals surface area (Å²) in [6.07, 6.45) is 0. The number of benzene rings is 1. The van der Waals surface area contributed by atoms with E-state index in [9.17, 15) is 9.59 Å². The first-order chi connectivity index (χ1) is 8.31. The standard InChI is InChI=1S/C10H11Cl2N3O3/c1-15(2)14-10(18)13-8-6(11)3-5(9(16)17)4-7(8)12/h3-4H,1-2H3,(H,16,17)(H2,13,14,18). The van der Waals surface area contributed by atoms with Crippen molar-refractivity contribution in [1.82, 2.24) is 10.4 Å². The van der Waals surface area contributed by atoms with Gasteiger partial charge < -0.3 is 10.4 Å². The van der Waals surface area contributed by atoms with Gasteiger partial charge in [0.05, 0.1) is 21.3 Å². The van der Waals surface area contributed by atoms with Crippen LogP contribution >= 0.6 is 23.2 Å². The molecule has 0 aliphatic carbocycles. The van der Waals surface area contributed by atoms with Crippen molar-refractivity contribution in [3.05, 3.63) is 27.7 Å². The molecular formula is C10H11Cl2N3O3. The quantitative estimate of drug-likeness (QED) is 0.747. The predicted octanol–water partition coefficient (Wildman–Crippen LogP) is 2.29. The van der Waals surface area contributed by atoms with Crippen LogP contribution in [0.2, 0.25) is 10.0 Å². The fraction of sp³-hybridized carbons (Fsp3) is 0.200. The molecule has 0 heterocycles. The molecule has 1 aromatic carbocycles. The summed E-state index contributed by atoms with van der Waals surface area (Å²) in [5.74, 6) is -1.15. The Morgan fingerprint density at radius 2 is 1.72 bits per heavy atom. The van der Waals surface area contributed by atoms with Crippen LogP contribution in [0.15, 0.2) is 12.1 Å². The Hall–Kier alpha value is -1.50. The van der Waals surface area contributed by atoms with Crippen LogP contribution in [0, 0.1) is 0 Å². The van der Waals surface area contributed by atoms with Crippen LogP contribution in [0.1, 0.15) is 10.4 Å². The van der Waals surface area contributed by atoms with Crippen molar-refractivity contribution in [1.29, 1.82) is 0 Å². The number of amides is 2. The SMILES string of the molecule is CN(C)NC(=O)Nc1c(Cl)cc(C(=O)O)cc1Cl. The molecule has 0 saturated carbocycles. The summed E-state index contributed by atoms with van der Waals surface area (Å²) >= 11 is 11.7. The van der Waals surface area contributed by atoms with E-state index >= 15 is 0 Å². The van der Waals surface area contributed by atoms with Gasteiger partial charge in [-0.25, -0.2) is 14.6 Å². The van der Waals surface area contributed by atoms with Gasteiger partial charge >= 0.3 is 12.0 Å². The van der Waals surface area contributed by atoms with E-state index in [0.29, 0.717) is 0 Å². The number of aromatic carboxylic acids is 1. The molecular weight excluding hydrogens is 281 g/mol. The molecule has 98 valence electrons. The third-order valence-corrected chi connectivity index (χ3v) is 2.45. The molecule has 2 amide bonds. The highest BCUT2D eigenvalue weighted by Gasteiger charge is 2.14. The lowest BCUT2D eigenvalue weighted by molar-refractivity contribution is 0.0697. The molecule has 0 atom stereocenters. The van der Waals surface area contributed by atoms with Crippen LogP contribution in [0.4, 0.5) is 10.5 Å². The van der Waals surface area contributed by atoms with Gasteiger partial charge in [-0.1, -0.05) is 23.2 Å². The summed E-state index contributed by atoms with van der Waals surface area (Å²) in [5.41, 5.74) is 2.54. The summed E-state index contributed by atoms with van der Waals surface area (Å²) in [7, 11) is 3.27. The van der Waals surface area contributed by atoms with Crippen molar-refractivity contribution in [3.8, 4) is 0 Å². The lowest BCUT2D eigenvalue weighted by Crippen LogP contribution is -2.39. The first kappa shape index (κ1) is 14.6. The summed E-state index contributed by atoms with van der Waals surface area (Å²) in [6, 6.07) is 1.88. The number of hydrogen-bond acceptors (Lipinski definition) is 3. The minimum absolute atomic E-state index is 0.0498. The van der Waals surface area contributed by atoms with E-state index in [1.807, 2.05) is 0 Å². The zero-order valence-electron chi connectivity index (χ0n) is 9.62. The van der Waals surface area contributed by atoms with Crippen LogP contribution in [-0.4, -0.2) is 36.2 Å². The molecule has 1 rings (SSSR count). The molecule has 8 heteroatoms. The maximum absolute atomic E-state index is 11.4. The fourth-order valence-electron chi connectivity index (χ4n) is 1.16. The van der Waals surface area contributed by atoms with E-state index < -0.39 is 12.0 Å². The maximum atomic E-state index is 11.4. The van der Waals surface area contributed by atoms with E-state index in [1.54, 1.807) is 14.1 Å². The summed E-state index contributed by atoms with van der Waals surface area (Å²) in [5, 5.41) is 12.8. The number of carbonyl (C=O) groups is 2. The van der Waals surface area contributed by atoms with Crippen molar-refractivity contribution in [2.75, 3.05) is 19.4 Å². The molecule has 0 aliphatic rings. The van der Waals surface area contributed by atoms with Gasteiger partial charge in [-0.05, 0) is 12.1 Å². The van der Waals surface area contributed by atoms with E-state index in [2.05, 4.69) is 10.7 Å². The third-order valence-electron chi connectivity index (χ3n) is 1.85. The molecule has 0 aliphatic heterocycles. The lowest BCUT2D eigenvalue weighted by Gasteiger charge is -2.14. The minimum atomic E-state index is -1.15. The van der Waals surface area contributed by atoms with Gasteiger partial charge in [0, 0.05) is 14.1 Å². The van der Waals surface area contributed by atoms with Crippen molar-refractivity contribution in [2.45, 2.75) is 0 Å². The minimum Gasteiger partial charge on any atom is -0.478 e. The number of carboxylic acids is 1. The third kappa shape index (κ3) is 3.76. The number of carboxylic acid groups (broad SMARTS) is 1. The van der Waals surface area contributed by atoms with Gasteiger partial charge in [-0.3, -0.25) is 5.43 Å². The number of anilines is 1. The smallest absolute Gasteiger partial charge is 0.335 e. The second kappa shape index (κ2) is 5.90. The van der Waals surface area contributed by atoms with E-state index in [1.165, 1.54) is 17.1 Å². The molecule has 0 spiro atoms. The van der Waals surface area contributed by atoms with E-state index in [0.717, 1.165) is 0 Å². The average Bonchev–Trinajstić information content (AvgIpc) is 2.21. The number of nitrogens with zero attached hydrogens (tertiary/aromatic N) is 1. The largest absolute Gasteiger partial charge is 0.478 e. The lowest BCUT2D eigenvalue weighted by atomic mass is 10.2. The fourth-order valence-corrected chi connectivity index (χ4v) is 1.74. The number of rotatable bonds is 3. The monoisotopic (exact) mass is 291 g/mol. The highest BCUT2D eigenvalue weighted by Crippen LogP contribution is 2.31. The number of carbonyl (C=O) groups excluding carboxylic acids is 1. The van der Waals surface area contributed by atoms with Gasteiger partial charge in [-0.15, -0.1) is 0 Å². The molecule has 0 unspecified atom stereocenters. The van der Waals surface area contributed by atoms with Gasteiger partial charge in [-0.2, -0.15) is 0 Å². The van der Waals surface area contributed by atoms with Gasteiger partial charge in [0.15, 0.2) is 0 Å². The normalized spacial score (nSPS) is 10.3. The maximum Gasteiger partial charge on any atom is 0.335 e. The summed E-state index contributed by atoms with van der Waals surface area (Å²) in [4.78, 5) is 22.2. The van der Waals surface area contributed by atoms with E-state index in [-0.39, 0.29) is 21.3 Å². The Morgan fingerprint density at radius 1 is 1.22 bits per heavy atom. The topological polar surface area (TPSA) is 81.7 Å². The molecule has 0 saturated heterocycles. The first-order valence-corrected chi connectivity index (χ1v) is 5.54. The van der Waals surface area contributed by atoms with Crippen LogP contribution in [0.25, 0.3) is 0 Å². The summed E-state index contributed by atoms with van der Waals surface area (Å²) in [6.45, 7) is 0. The van der Waals surface area contributed by atoms with Crippen LogP contribution in [0.3, 0.4) is 0 Å². The second-order valence-corrected chi connectivity index (χ2v) is 4.39. The molecule has 0 bridgehead atoms.